The predicted molar refractivity (Wildman–Crippen MR) is 87.7 cm³/mol. The van der Waals surface area contributed by atoms with Gasteiger partial charge < -0.3 is 10.1 Å². The highest BCUT2D eigenvalue weighted by molar-refractivity contribution is 7.90. The van der Waals surface area contributed by atoms with E-state index in [9.17, 15) is 8.42 Å². The maximum atomic E-state index is 11.4. The van der Waals surface area contributed by atoms with Gasteiger partial charge >= 0.3 is 0 Å². The van der Waals surface area contributed by atoms with Crippen molar-refractivity contribution >= 4 is 9.84 Å². The summed E-state index contributed by atoms with van der Waals surface area (Å²) in [6.07, 6.45) is 2.78. The number of benzene rings is 1. The zero-order chi connectivity index (χ0) is 15.9. The van der Waals surface area contributed by atoms with Crippen LogP contribution in [0.4, 0.5) is 0 Å². The lowest BCUT2D eigenvalue weighted by molar-refractivity contribution is 0.395. The van der Waals surface area contributed by atoms with Gasteiger partial charge in [-0.3, -0.25) is 0 Å². The molecule has 0 fully saturated rings. The fourth-order valence-corrected chi connectivity index (χ4v) is 3.00. The quantitative estimate of drug-likeness (QED) is 0.760. The molecule has 0 radical (unpaired) electrons. The van der Waals surface area contributed by atoms with Crippen LogP contribution in [0.3, 0.4) is 0 Å². The van der Waals surface area contributed by atoms with Crippen LogP contribution in [-0.2, 0) is 16.3 Å². The Morgan fingerprint density at radius 3 is 2.48 bits per heavy atom. The van der Waals surface area contributed by atoms with E-state index in [0.29, 0.717) is 12.5 Å². The van der Waals surface area contributed by atoms with E-state index in [1.165, 1.54) is 6.26 Å². The van der Waals surface area contributed by atoms with Gasteiger partial charge in [-0.05, 0) is 36.9 Å². The number of hydrogen-bond acceptors (Lipinski definition) is 4. The molecule has 1 atom stereocenters. The number of hydrogen-bond donors (Lipinski definition) is 1. The summed E-state index contributed by atoms with van der Waals surface area (Å²) in [6, 6.07) is 8.31. The minimum Gasteiger partial charge on any atom is -0.496 e. The van der Waals surface area contributed by atoms with Crippen molar-refractivity contribution < 1.29 is 13.2 Å². The molecule has 1 aromatic carbocycles. The molecule has 120 valence electrons. The Morgan fingerprint density at radius 2 is 1.90 bits per heavy atom. The van der Waals surface area contributed by atoms with E-state index in [4.69, 9.17) is 4.74 Å². The van der Waals surface area contributed by atoms with Crippen LogP contribution in [0.15, 0.2) is 24.3 Å². The van der Waals surface area contributed by atoms with E-state index < -0.39 is 9.84 Å². The van der Waals surface area contributed by atoms with Gasteiger partial charge in [0.1, 0.15) is 15.6 Å². The lowest BCUT2D eigenvalue weighted by Gasteiger charge is -2.20. The largest absolute Gasteiger partial charge is 0.496 e. The third-order valence-electron chi connectivity index (χ3n) is 3.41. The normalized spacial score (nSPS) is 13.4. The Labute approximate surface area is 128 Å². The van der Waals surface area contributed by atoms with Gasteiger partial charge in [0.05, 0.1) is 12.9 Å². The van der Waals surface area contributed by atoms with Crippen molar-refractivity contribution in [2.24, 2.45) is 5.92 Å². The summed E-state index contributed by atoms with van der Waals surface area (Å²) in [5.74, 6) is 1.37. The van der Waals surface area contributed by atoms with Gasteiger partial charge in [-0.25, -0.2) is 8.42 Å². The third kappa shape index (κ3) is 7.48. The molecule has 0 saturated carbocycles. The van der Waals surface area contributed by atoms with E-state index >= 15 is 0 Å². The van der Waals surface area contributed by atoms with E-state index in [1.54, 1.807) is 7.11 Å². The molecule has 0 aliphatic rings. The van der Waals surface area contributed by atoms with E-state index in [1.807, 2.05) is 24.3 Å². The Morgan fingerprint density at radius 1 is 1.24 bits per heavy atom. The molecule has 5 heteroatoms. The van der Waals surface area contributed by atoms with Crippen LogP contribution in [0.25, 0.3) is 0 Å². The molecule has 0 aliphatic heterocycles. The molecule has 21 heavy (non-hydrogen) atoms. The second-order valence-electron chi connectivity index (χ2n) is 5.86. The molecule has 1 N–H and O–H groups in total. The van der Waals surface area contributed by atoms with Crippen molar-refractivity contribution in [1.29, 1.82) is 0 Å². The smallest absolute Gasteiger partial charge is 0.147 e. The SMILES string of the molecule is COc1ccccc1CC(CCS(C)(=O)=O)CNC(C)C. The van der Waals surface area contributed by atoms with E-state index in [-0.39, 0.29) is 11.7 Å². The Balaban J connectivity index is 2.75. The Kier molecular flexibility index (Phi) is 7.18. The second kappa shape index (κ2) is 8.39. The van der Waals surface area contributed by atoms with E-state index in [2.05, 4.69) is 19.2 Å². The van der Waals surface area contributed by atoms with Gasteiger partial charge in [0.25, 0.3) is 0 Å². The highest BCUT2D eigenvalue weighted by Gasteiger charge is 2.15. The lowest BCUT2D eigenvalue weighted by atomic mass is 9.96. The maximum Gasteiger partial charge on any atom is 0.147 e. The summed E-state index contributed by atoms with van der Waals surface area (Å²) >= 11 is 0. The van der Waals surface area contributed by atoms with Crippen molar-refractivity contribution in [3.05, 3.63) is 29.8 Å². The summed E-state index contributed by atoms with van der Waals surface area (Å²) in [5, 5.41) is 3.40. The number of ether oxygens (including phenoxy) is 1. The standard InChI is InChI=1S/C16H27NO3S/c1-13(2)17-12-14(9-10-21(4,18)19)11-15-7-5-6-8-16(15)20-3/h5-8,13-14,17H,9-12H2,1-4H3. The topological polar surface area (TPSA) is 55.4 Å². The fraction of sp³-hybridized carbons (Fsp3) is 0.625. The second-order valence-corrected chi connectivity index (χ2v) is 8.12. The molecular formula is C16H27NO3S. The average molecular weight is 313 g/mol. The van der Waals surface area contributed by atoms with Crippen LogP contribution in [0, 0.1) is 5.92 Å². The van der Waals surface area contributed by atoms with Crippen LogP contribution in [0.1, 0.15) is 25.8 Å². The summed E-state index contributed by atoms with van der Waals surface area (Å²) in [6.45, 7) is 5.00. The molecule has 1 aromatic rings. The molecule has 0 saturated heterocycles. The van der Waals surface area contributed by atoms with Gasteiger partial charge in [-0.1, -0.05) is 32.0 Å². The van der Waals surface area contributed by atoms with Crippen molar-refractivity contribution in [2.75, 3.05) is 25.7 Å². The van der Waals surface area contributed by atoms with Crippen LogP contribution < -0.4 is 10.1 Å². The lowest BCUT2D eigenvalue weighted by Crippen LogP contribution is -2.31. The minimum absolute atomic E-state index is 0.229. The number of methoxy groups -OCH3 is 1. The highest BCUT2D eigenvalue weighted by atomic mass is 32.2. The molecule has 1 rings (SSSR count). The first-order valence-electron chi connectivity index (χ1n) is 7.35. The van der Waals surface area contributed by atoms with Crippen molar-refractivity contribution in [3.63, 3.8) is 0 Å². The average Bonchev–Trinajstić information content (AvgIpc) is 2.41. The van der Waals surface area contributed by atoms with Crippen LogP contribution in [-0.4, -0.2) is 40.1 Å². The molecule has 0 aromatic heterocycles. The van der Waals surface area contributed by atoms with Crippen LogP contribution in [0.5, 0.6) is 5.75 Å². The summed E-state index contributed by atoms with van der Waals surface area (Å²) in [7, 11) is -1.26. The highest BCUT2D eigenvalue weighted by Crippen LogP contribution is 2.22. The van der Waals surface area contributed by atoms with Gasteiger partial charge in [-0.15, -0.1) is 0 Å². The molecule has 4 nitrogen and oxygen atoms in total. The third-order valence-corrected chi connectivity index (χ3v) is 4.39. The summed E-state index contributed by atoms with van der Waals surface area (Å²) in [4.78, 5) is 0. The minimum atomic E-state index is -2.92. The van der Waals surface area contributed by atoms with Crippen LogP contribution in [0.2, 0.25) is 0 Å². The first-order valence-corrected chi connectivity index (χ1v) is 9.41. The van der Waals surface area contributed by atoms with E-state index in [0.717, 1.165) is 24.3 Å². The van der Waals surface area contributed by atoms with Gasteiger partial charge in [0, 0.05) is 12.3 Å². The van der Waals surface area contributed by atoms with Gasteiger partial charge in [0.2, 0.25) is 0 Å². The van der Waals surface area contributed by atoms with Gasteiger partial charge in [0.15, 0.2) is 0 Å². The molecule has 0 spiro atoms. The predicted octanol–water partition coefficient (Wildman–Crippen LogP) is 2.29. The van der Waals surface area contributed by atoms with Crippen LogP contribution >= 0.6 is 0 Å². The first-order chi connectivity index (χ1) is 9.81. The van der Waals surface area contributed by atoms with Crippen molar-refractivity contribution in [3.8, 4) is 5.75 Å². The summed E-state index contributed by atoms with van der Waals surface area (Å²) < 4.78 is 28.2. The maximum absolute atomic E-state index is 11.4. The van der Waals surface area contributed by atoms with Crippen molar-refractivity contribution in [2.45, 2.75) is 32.7 Å². The van der Waals surface area contributed by atoms with Crippen molar-refractivity contribution in [1.82, 2.24) is 5.32 Å². The Hall–Kier alpha value is -1.07. The fourth-order valence-electron chi connectivity index (χ4n) is 2.24. The number of sulfone groups is 1. The zero-order valence-corrected chi connectivity index (χ0v) is 14.2. The molecule has 0 amide bonds. The molecule has 0 bridgehead atoms. The number of rotatable bonds is 9. The molecule has 0 aliphatic carbocycles. The molecule has 0 heterocycles. The number of nitrogens with one attached hydrogen (secondary N) is 1. The summed E-state index contributed by atoms with van der Waals surface area (Å²) in [5.41, 5.74) is 1.13. The first kappa shape index (κ1) is 18.0. The zero-order valence-electron chi connectivity index (χ0n) is 13.4. The molecule has 1 unspecified atom stereocenters. The number of para-hydroxylation sites is 1. The van der Waals surface area contributed by atoms with Gasteiger partial charge in [-0.2, -0.15) is 0 Å². The monoisotopic (exact) mass is 313 g/mol. The molecular weight excluding hydrogens is 286 g/mol. The Bertz CT molecular complexity index is 526.